The number of nitrogens with zero attached hydrogens (tertiary/aromatic N) is 24. The summed E-state index contributed by atoms with van der Waals surface area (Å²) in [5, 5.41) is 28.7. The van der Waals surface area contributed by atoms with Crippen LogP contribution >= 0.6 is 0 Å². The van der Waals surface area contributed by atoms with E-state index in [1.54, 1.807) is 111 Å². The molecule has 0 saturated carbocycles. The lowest BCUT2D eigenvalue weighted by atomic mass is 9.90. The summed E-state index contributed by atoms with van der Waals surface area (Å²) in [5.74, 6) is -4.66. The molecular formula is C83H144N24O29. The van der Waals surface area contributed by atoms with Gasteiger partial charge in [0.2, 0.25) is 0 Å². The Morgan fingerprint density at radius 1 is 0.191 bits per heavy atom. The molecule has 0 heterocycles. The van der Waals surface area contributed by atoms with Gasteiger partial charge in [-0.3, -0.25) is 38.4 Å². The van der Waals surface area contributed by atoms with E-state index in [9.17, 15) is 38.4 Å². The van der Waals surface area contributed by atoms with Gasteiger partial charge >= 0.3 is 47.8 Å². The molecule has 53 nitrogen and oxygen atoms in total. The van der Waals surface area contributed by atoms with Crippen LogP contribution in [0.4, 0.5) is 0 Å². The van der Waals surface area contributed by atoms with E-state index < -0.39 is 128 Å². The van der Waals surface area contributed by atoms with E-state index in [2.05, 4.69) is 80.2 Å². The van der Waals surface area contributed by atoms with Crippen molar-refractivity contribution in [2.75, 3.05) is 237 Å². The fraction of sp³-hybridized carbons (Fsp3) is 0.904. The maximum atomic E-state index is 13.1. The number of carbonyl (C=O) groups is 8. The Morgan fingerprint density at radius 2 is 0.324 bits per heavy atom. The Labute approximate surface area is 792 Å². The Balaban J connectivity index is 7.64. The molecule has 0 rings (SSSR count). The highest BCUT2D eigenvalue weighted by molar-refractivity contribution is 5.73. The standard InChI is InChI=1S/C83H144N24O29/c1-76(2,54-92-100-84)34-68(108)129-19-17-18-116-42-62(123-22-28-131-70(110)36-78(5,6)56-94-102-86)44-118-46-64(125-24-30-133-72(112)38-80(9,10)58-96-104-88)48-120-50-66(127-26-32-135-74(114)40-82(13,14)60-98-106-90)52-122-53-67(128-27-33-136-75(115)41-83(15,16)61-99-107-91)51-121-49-65(126-25-31-134-73(113)39-81(11,12)59-97-105-89)47-119-45-63(124-23-29-132-71(111)37-79(7,8)57-95-103-87)43-117-20-21-130-69(109)35-77(3,4)55-93-101-85/h62-67H,17-61H2,1-16H3. The number of ether oxygens (including phenoxy) is 21. The minimum absolute atomic E-state index is 0.000127. The van der Waals surface area contributed by atoms with Crippen LogP contribution in [-0.4, -0.2) is 322 Å². The molecule has 0 aliphatic heterocycles. The van der Waals surface area contributed by atoms with Crippen LogP contribution in [0.5, 0.6) is 0 Å². The summed E-state index contributed by atoms with van der Waals surface area (Å²) >= 11 is 0. The SMILES string of the molecule is CC(C)(CN=[N+]=[N-])CC(=O)OCCCOCC(COCC(COCC(COCC(COCC(COCC(COCCOC(=O)CC(C)(C)CN=[N+]=[N-])OCCOC(=O)CC(C)(C)CN=[N+]=[N-])OCCOC(=O)CC(C)(C)CN=[N+]=[N-])OCCOC(=O)CC(C)(C)CN=[N+]=[N-])OCCOC(=O)CC(C)(C)CN=[N+]=[N-])OCCOC(=O)CC(C)(C)CN=[N+]=[N-])OCCOC(=O)CC(C)(C)CN=[N+]=[N-]. The molecular weight excluding hydrogens is 1800 g/mol. The molecule has 0 aromatic carbocycles. The Hall–Kier alpha value is -10.3. The minimum atomic E-state index is -0.980. The van der Waals surface area contributed by atoms with Crippen LogP contribution in [0.2, 0.25) is 0 Å². The van der Waals surface area contributed by atoms with Crippen LogP contribution in [0.3, 0.4) is 0 Å². The smallest absolute Gasteiger partial charge is 0.306 e. The predicted octanol–water partition coefficient (Wildman–Crippen LogP) is 14.0. The number of hydrogen-bond acceptors (Lipinski definition) is 37. The van der Waals surface area contributed by atoms with Gasteiger partial charge in [0.1, 0.15) is 82.9 Å². The number of carbonyl (C=O) groups excluding carboxylic acids is 8. The first-order valence-corrected chi connectivity index (χ1v) is 44.4. The highest BCUT2D eigenvalue weighted by Crippen LogP contribution is 2.28. The van der Waals surface area contributed by atoms with Gasteiger partial charge in [-0.25, -0.2) is 0 Å². The maximum absolute atomic E-state index is 13.1. The number of rotatable bonds is 87. The fourth-order valence-electron chi connectivity index (χ4n) is 11.5. The van der Waals surface area contributed by atoms with Crippen LogP contribution in [-0.2, 0) is 138 Å². The molecule has 0 N–H and O–H groups in total. The number of hydrogen-bond donors (Lipinski definition) is 0. The highest BCUT2D eigenvalue weighted by atomic mass is 16.6. The van der Waals surface area contributed by atoms with Crippen molar-refractivity contribution in [2.45, 2.75) is 205 Å². The molecule has 770 valence electrons. The Bertz CT molecular complexity index is 3910. The maximum Gasteiger partial charge on any atom is 0.306 e. The summed E-state index contributed by atoms with van der Waals surface area (Å²) in [6.45, 7) is 22.9. The third-order valence-corrected chi connectivity index (χ3v) is 18.5. The lowest BCUT2D eigenvalue weighted by Gasteiger charge is -2.25. The van der Waals surface area contributed by atoms with Crippen LogP contribution in [0.15, 0.2) is 40.9 Å². The van der Waals surface area contributed by atoms with Gasteiger partial charge in [-0.2, -0.15) is 0 Å². The average Bonchev–Trinajstić information content (AvgIpc) is 0.939. The largest absolute Gasteiger partial charge is 0.466 e. The lowest BCUT2D eigenvalue weighted by Crippen LogP contribution is -2.36. The zero-order chi connectivity index (χ0) is 102. The molecule has 0 aliphatic carbocycles. The fourth-order valence-corrected chi connectivity index (χ4v) is 11.5. The Morgan fingerprint density at radius 3 is 0.478 bits per heavy atom. The average molecular weight is 1940 g/mol. The van der Waals surface area contributed by atoms with Gasteiger partial charge in [-0.15, -0.1) is 0 Å². The van der Waals surface area contributed by atoms with E-state index in [1.165, 1.54) is 0 Å². The summed E-state index contributed by atoms with van der Waals surface area (Å²) < 4.78 is 124. The van der Waals surface area contributed by atoms with Crippen molar-refractivity contribution in [3.63, 3.8) is 0 Å². The van der Waals surface area contributed by atoms with Crippen molar-refractivity contribution < 1.29 is 138 Å². The second kappa shape index (κ2) is 73.0. The van der Waals surface area contributed by atoms with E-state index in [4.69, 9.17) is 144 Å². The quantitative estimate of drug-likeness (QED) is 0.0136. The second-order valence-electron chi connectivity index (χ2n) is 37.8. The highest BCUT2D eigenvalue weighted by Gasteiger charge is 2.31. The van der Waals surface area contributed by atoms with Gasteiger partial charge in [0.25, 0.3) is 0 Å². The van der Waals surface area contributed by atoms with Gasteiger partial charge in [-0.05, 0) is 87.6 Å². The van der Waals surface area contributed by atoms with Gasteiger partial charge in [0.05, 0.1) is 184 Å². The van der Waals surface area contributed by atoms with Crippen LogP contribution in [0.25, 0.3) is 83.5 Å². The van der Waals surface area contributed by atoms with E-state index in [1.807, 2.05) is 0 Å². The zero-order valence-electron chi connectivity index (χ0n) is 81.9. The van der Waals surface area contributed by atoms with Crippen molar-refractivity contribution in [3.05, 3.63) is 83.5 Å². The first kappa shape index (κ1) is 126. The van der Waals surface area contributed by atoms with Gasteiger partial charge in [-0.1, -0.05) is 152 Å². The minimum Gasteiger partial charge on any atom is -0.466 e. The first-order chi connectivity index (χ1) is 64.3. The van der Waals surface area contributed by atoms with Crippen LogP contribution < -0.4 is 0 Å². The monoisotopic (exact) mass is 1940 g/mol. The van der Waals surface area contributed by atoms with Crippen LogP contribution in [0.1, 0.15) is 169 Å². The summed E-state index contributed by atoms with van der Waals surface area (Å²) in [6, 6.07) is 0. The van der Waals surface area contributed by atoms with Crippen molar-refractivity contribution >= 4 is 47.8 Å². The molecule has 0 fully saturated rings. The van der Waals surface area contributed by atoms with Crippen molar-refractivity contribution in [2.24, 2.45) is 84.2 Å². The molecule has 0 amide bonds. The zero-order valence-corrected chi connectivity index (χ0v) is 81.9. The summed E-state index contributed by atoms with van der Waals surface area (Å²) in [6.07, 6.45) is -5.88. The molecule has 6 atom stereocenters. The molecule has 0 radical (unpaired) electrons. The van der Waals surface area contributed by atoms with Gasteiger partial charge < -0.3 is 99.5 Å². The third-order valence-electron chi connectivity index (χ3n) is 18.5. The summed E-state index contributed by atoms with van der Waals surface area (Å²) in [5.41, 5.74) is 65.3. The molecule has 0 aromatic rings. The van der Waals surface area contributed by atoms with E-state index in [0.717, 1.165) is 0 Å². The molecule has 0 saturated heterocycles. The van der Waals surface area contributed by atoms with Crippen LogP contribution in [0, 0.1) is 43.3 Å². The molecule has 0 spiro atoms. The second-order valence-corrected chi connectivity index (χ2v) is 37.8. The van der Waals surface area contributed by atoms with Gasteiger partial charge in [0, 0.05) is 105 Å². The van der Waals surface area contributed by atoms with Crippen molar-refractivity contribution in [3.8, 4) is 0 Å². The predicted molar refractivity (Wildman–Crippen MR) is 486 cm³/mol. The number of azide groups is 8. The molecule has 136 heavy (non-hydrogen) atoms. The molecule has 53 heteroatoms. The normalized spacial score (nSPS) is 13.1. The van der Waals surface area contributed by atoms with E-state index in [-0.39, 0.29) is 295 Å². The molecule has 0 aliphatic rings. The lowest BCUT2D eigenvalue weighted by molar-refractivity contribution is -0.153. The van der Waals surface area contributed by atoms with Crippen molar-refractivity contribution in [1.82, 2.24) is 0 Å². The third kappa shape index (κ3) is 74.0. The molecule has 0 aromatic heterocycles. The summed E-state index contributed by atoms with van der Waals surface area (Å²) in [7, 11) is 0. The van der Waals surface area contributed by atoms with Crippen molar-refractivity contribution in [1.29, 1.82) is 0 Å². The first-order valence-electron chi connectivity index (χ1n) is 44.4. The number of esters is 8. The van der Waals surface area contributed by atoms with E-state index >= 15 is 0 Å². The van der Waals surface area contributed by atoms with E-state index in [0.29, 0.717) is 0 Å². The molecule has 6 unspecified atom stereocenters. The summed E-state index contributed by atoms with van der Waals surface area (Å²) in [4.78, 5) is 126. The Kier molecular flexibility index (Phi) is 67.5. The van der Waals surface area contributed by atoms with Gasteiger partial charge in [0.15, 0.2) is 0 Å². The topological polar surface area (TPSA) is 720 Å². The molecule has 0 bridgehead atoms.